The lowest BCUT2D eigenvalue weighted by atomic mass is 9.98. The average Bonchev–Trinajstić information content (AvgIpc) is 3.18. The van der Waals surface area contributed by atoms with Crippen molar-refractivity contribution in [3.8, 4) is 17.0 Å². The first kappa shape index (κ1) is 28.3. The Balaban J connectivity index is 1.65. The van der Waals surface area contributed by atoms with Gasteiger partial charge in [0.2, 0.25) is 5.91 Å². The van der Waals surface area contributed by atoms with Gasteiger partial charge in [0, 0.05) is 49.9 Å². The van der Waals surface area contributed by atoms with Crippen molar-refractivity contribution in [1.29, 1.82) is 0 Å². The van der Waals surface area contributed by atoms with Crippen molar-refractivity contribution < 1.29 is 23.8 Å². The highest BCUT2D eigenvalue weighted by molar-refractivity contribution is 6.35. The monoisotopic (exact) mass is 571 g/mol. The molecule has 0 unspecified atom stereocenters. The zero-order valence-corrected chi connectivity index (χ0v) is 23.8. The SMILES string of the molecule is C=CC(=O)N1CCN2C(=O)c3c(N4C[C@@H](N(C)CCO)CC4(C)C)nc(-c4ccccc4F)c(Cl)c3OC[C@H]2C1. The zero-order chi connectivity index (χ0) is 28.8. The summed E-state index contributed by atoms with van der Waals surface area (Å²) in [6, 6.07) is 5.95. The number of ether oxygens (including phenoxy) is 1. The summed E-state index contributed by atoms with van der Waals surface area (Å²) in [4.78, 5) is 39.0. The van der Waals surface area contributed by atoms with E-state index < -0.39 is 17.4 Å². The molecule has 2 fully saturated rings. The average molecular weight is 572 g/mol. The van der Waals surface area contributed by atoms with Crippen LogP contribution in [0.25, 0.3) is 11.3 Å². The number of carbonyl (C=O) groups excluding carboxylic acids is 2. The number of piperazine rings is 1. The molecular formula is C29H35ClFN5O4. The van der Waals surface area contributed by atoms with Gasteiger partial charge in [-0.2, -0.15) is 0 Å². The molecule has 0 saturated carbocycles. The number of anilines is 1. The van der Waals surface area contributed by atoms with Gasteiger partial charge in [-0.3, -0.25) is 14.5 Å². The van der Waals surface area contributed by atoms with Gasteiger partial charge >= 0.3 is 0 Å². The Morgan fingerprint density at radius 1 is 1.32 bits per heavy atom. The van der Waals surface area contributed by atoms with E-state index in [2.05, 4.69) is 30.2 Å². The van der Waals surface area contributed by atoms with Gasteiger partial charge in [0.15, 0.2) is 5.75 Å². The second kappa shape index (κ2) is 11.0. The smallest absolute Gasteiger partial charge is 0.261 e. The highest BCUT2D eigenvalue weighted by atomic mass is 35.5. The summed E-state index contributed by atoms with van der Waals surface area (Å²) in [6.45, 7) is 9.94. The van der Waals surface area contributed by atoms with Crippen LogP contribution in [-0.2, 0) is 4.79 Å². The van der Waals surface area contributed by atoms with Crippen LogP contribution in [0.5, 0.6) is 5.75 Å². The Bertz CT molecular complexity index is 1340. The molecule has 5 rings (SSSR count). The molecule has 2 saturated heterocycles. The third kappa shape index (κ3) is 4.93. The van der Waals surface area contributed by atoms with Gasteiger partial charge in [0.25, 0.3) is 5.91 Å². The lowest BCUT2D eigenvalue weighted by Crippen LogP contribution is -2.57. The van der Waals surface area contributed by atoms with Gasteiger partial charge in [0.1, 0.15) is 28.8 Å². The number of rotatable bonds is 6. The summed E-state index contributed by atoms with van der Waals surface area (Å²) in [5.41, 5.74) is 0.238. The van der Waals surface area contributed by atoms with Crippen molar-refractivity contribution in [3.05, 3.63) is 53.3 Å². The first-order chi connectivity index (χ1) is 19.1. The Morgan fingerprint density at radius 3 is 2.77 bits per heavy atom. The summed E-state index contributed by atoms with van der Waals surface area (Å²) in [6.07, 6.45) is 2.03. The minimum Gasteiger partial charge on any atom is -0.489 e. The molecule has 3 aliphatic heterocycles. The number of halogens is 2. The molecule has 11 heteroatoms. The minimum atomic E-state index is -0.486. The van der Waals surface area contributed by atoms with Crippen LogP contribution in [0.2, 0.25) is 5.02 Å². The van der Waals surface area contributed by atoms with E-state index in [1.54, 1.807) is 28.0 Å². The van der Waals surface area contributed by atoms with Crippen molar-refractivity contribution in [3.63, 3.8) is 0 Å². The number of nitrogens with zero attached hydrogens (tertiary/aromatic N) is 5. The van der Waals surface area contributed by atoms with Gasteiger partial charge in [-0.05, 0) is 45.5 Å². The Labute approximate surface area is 238 Å². The van der Waals surface area contributed by atoms with Crippen LogP contribution >= 0.6 is 11.6 Å². The molecule has 0 bridgehead atoms. The Morgan fingerprint density at radius 2 is 2.08 bits per heavy atom. The predicted molar refractivity (Wildman–Crippen MR) is 151 cm³/mol. The number of fused-ring (bicyclic) bond motifs is 2. The highest BCUT2D eigenvalue weighted by Gasteiger charge is 2.46. The van der Waals surface area contributed by atoms with Crippen molar-refractivity contribution >= 4 is 29.2 Å². The fourth-order valence-corrected chi connectivity index (χ4v) is 6.31. The predicted octanol–water partition coefficient (Wildman–Crippen LogP) is 3.05. The number of aliphatic hydroxyl groups is 1. The van der Waals surface area contributed by atoms with Crippen LogP contribution in [0.15, 0.2) is 36.9 Å². The molecule has 1 aromatic heterocycles. The summed E-state index contributed by atoms with van der Waals surface area (Å²) in [5, 5.41) is 9.59. The molecule has 40 heavy (non-hydrogen) atoms. The molecular weight excluding hydrogens is 537 g/mol. The van der Waals surface area contributed by atoms with Crippen molar-refractivity contribution in [1.82, 2.24) is 19.7 Å². The summed E-state index contributed by atoms with van der Waals surface area (Å²) >= 11 is 6.88. The van der Waals surface area contributed by atoms with Crippen molar-refractivity contribution in [2.45, 2.75) is 37.9 Å². The van der Waals surface area contributed by atoms with E-state index in [-0.39, 0.29) is 58.7 Å². The van der Waals surface area contributed by atoms with Crippen molar-refractivity contribution in [2.75, 3.05) is 57.9 Å². The normalized spacial score (nSPS) is 22.1. The summed E-state index contributed by atoms with van der Waals surface area (Å²) in [7, 11) is 1.96. The molecule has 214 valence electrons. The van der Waals surface area contributed by atoms with Gasteiger partial charge in [-0.15, -0.1) is 0 Å². The van der Waals surface area contributed by atoms with Crippen molar-refractivity contribution in [2.24, 2.45) is 0 Å². The van der Waals surface area contributed by atoms with Crippen LogP contribution < -0.4 is 9.64 Å². The third-order valence-electron chi connectivity index (χ3n) is 8.26. The standard InChI is InChI=1S/C29H35ClFN5O4/c1-5-22(38)34-10-11-35-19(15-34)17-40-26-23(28(35)39)27(32-25(24(26)30)20-8-6-7-9-21(20)31)36-16-18(14-29(36,2)3)33(4)12-13-37/h5-9,18-19,37H,1,10-17H2,2-4H3/t18-,19+/m0/s1. The second-order valence-electron chi connectivity index (χ2n) is 11.2. The molecule has 0 aliphatic carbocycles. The number of benzene rings is 1. The van der Waals surface area contributed by atoms with E-state index in [0.29, 0.717) is 38.5 Å². The van der Waals surface area contributed by atoms with Gasteiger partial charge in [0.05, 0.1) is 18.3 Å². The molecule has 2 atom stereocenters. The van der Waals surface area contributed by atoms with E-state index >= 15 is 4.39 Å². The van der Waals surface area contributed by atoms with E-state index in [4.69, 9.17) is 21.3 Å². The number of amides is 2. The first-order valence-corrected chi connectivity index (χ1v) is 13.9. The summed E-state index contributed by atoms with van der Waals surface area (Å²) < 4.78 is 21.3. The molecule has 1 aromatic carbocycles. The Kier molecular flexibility index (Phi) is 7.78. The number of hydrogen-bond acceptors (Lipinski definition) is 7. The van der Waals surface area contributed by atoms with Crippen LogP contribution in [-0.4, -0.2) is 107 Å². The van der Waals surface area contributed by atoms with E-state index in [0.717, 1.165) is 6.42 Å². The van der Waals surface area contributed by atoms with Crippen LogP contribution in [0.1, 0.15) is 30.6 Å². The van der Waals surface area contributed by atoms with E-state index in [9.17, 15) is 14.7 Å². The minimum absolute atomic E-state index is 0.0352. The number of likely N-dealkylation sites (N-methyl/N-ethyl adjacent to an activating group) is 1. The topological polar surface area (TPSA) is 89.5 Å². The van der Waals surface area contributed by atoms with Gasteiger partial charge < -0.3 is 24.5 Å². The lowest BCUT2D eigenvalue weighted by Gasteiger charge is -2.40. The van der Waals surface area contributed by atoms with Crippen LogP contribution in [0.3, 0.4) is 0 Å². The Hall–Kier alpha value is -3.21. The maximum Gasteiger partial charge on any atom is 0.261 e. The zero-order valence-electron chi connectivity index (χ0n) is 23.1. The fourth-order valence-electron chi connectivity index (χ4n) is 6.02. The van der Waals surface area contributed by atoms with Crippen LogP contribution in [0.4, 0.5) is 10.2 Å². The number of hydrogen-bond donors (Lipinski definition) is 1. The molecule has 1 N–H and O–H groups in total. The van der Waals surface area contributed by atoms with Crippen LogP contribution in [0, 0.1) is 5.82 Å². The number of aliphatic hydroxyl groups excluding tert-OH is 1. The molecule has 2 amide bonds. The molecule has 0 spiro atoms. The molecule has 3 aliphatic rings. The lowest BCUT2D eigenvalue weighted by molar-refractivity contribution is -0.128. The quantitative estimate of drug-likeness (QED) is 0.533. The molecule has 0 radical (unpaired) electrons. The third-order valence-corrected chi connectivity index (χ3v) is 8.61. The maximum atomic E-state index is 15.0. The van der Waals surface area contributed by atoms with Gasteiger partial charge in [-0.1, -0.05) is 30.3 Å². The number of carbonyl (C=O) groups is 2. The number of pyridine rings is 1. The summed E-state index contributed by atoms with van der Waals surface area (Å²) in [5.74, 6) is -0.407. The second-order valence-corrected chi connectivity index (χ2v) is 11.6. The highest BCUT2D eigenvalue weighted by Crippen LogP contribution is 2.47. The first-order valence-electron chi connectivity index (χ1n) is 13.5. The largest absolute Gasteiger partial charge is 0.489 e. The van der Waals surface area contributed by atoms with E-state index in [1.165, 1.54) is 12.1 Å². The number of aromatic nitrogens is 1. The molecule has 4 heterocycles. The van der Waals surface area contributed by atoms with E-state index in [1.807, 2.05) is 7.05 Å². The molecule has 9 nitrogen and oxygen atoms in total. The fraction of sp³-hybridized carbons (Fsp3) is 0.483. The van der Waals surface area contributed by atoms with Gasteiger partial charge in [-0.25, -0.2) is 9.37 Å². The maximum absolute atomic E-state index is 15.0. The molecule has 2 aromatic rings.